The topological polar surface area (TPSA) is 63.5 Å². The van der Waals surface area contributed by atoms with Crippen molar-refractivity contribution in [3.63, 3.8) is 0 Å². The van der Waals surface area contributed by atoms with Crippen LogP contribution in [0.4, 0.5) is 0 Å². The molecule has 1 aromatic heterocycles. The van der Waals surface area contributed by atoms with E-state index in [9.17, 15) is 4.79 Å². The zero-order chi connectivity index (χ0) is 20.1. The van der Waals surface area contributed by atoms with Crippen LogP contribution < -0.4 is 0 Å². The Bertz CT molecular complexity index is 714. The van der Waals surface area contributed by atoms with E-state index in [0.717, 1.165) is 45.2 Å². The molecule has 28 heavy (non-hydrogen) atoms. The first-order valence-electron chi connectivity index (χ1n) is 10.4. The SMILES string of the molecule is C[C@H](C[C@H]1CC[C@H]([C@@H](C)C(=O)N2CCCC2)O1)n1cc(C#CCN(C)C)nn1. The molecule has 0 radical (unpaired) electrons. The predicted octanol–water partition coefficient (Wildman–Crippen LogP) is 1.95. The Labute approximate surface area is 168 Å². The number of amides is 1. The molecular weight excluding hydrogens is 354 g/mol. The lowest BCUT2D eigenvalue weighted by atomic mass is 9.99. The molecule has 0 aromatic carbocycles. The van der Waals surface area contributed by atoms with Gasteiger partial charge in [0, 0.05) is 13.1 Å². The summed E-state index contributed by atoms with van der Waals surface area (Å²) in [5.74, 6) is 6.33. The average Bonchev–Trinajstić information content (AvgIpc) is 3.41. The second-order valence-electron chi connectivity index (χ2n) is 8.40. The molecule has 154 valence electrons. The van der Waals surface area contributed by atoms with Crippen molar-refractivity contribution in [2.75, 3.05) is 33.7 Å². The highest BCUT2D eigenvalue weighted by molar-refractivity contribution is 5.79. The van der Waals surface area contributed by atoms with E-state index in [-0.39, 0.29) is 30.1 Å². The van der Waals surface area contributed by atoms with Crippen LogP contribution in [0.5, 0.6) is 0 Å². The maximum absolute atomic E-state index is 12.6. The fourth-order valence-corrected chi connectivity index (χ4v) is 3.99. The normalized spacial score (nSPS) is 24.2. The van der Waals surface area contributed by atoms with Crippen molar-refractivity contribution in [1.29, 1.82) is 0 Å². The highest BCUT2D eigenvalue weighted by Crippen LogP contribution is 2.31. The summed E-state index contributed by atoms with van der Waals surface area (Å²) in [7, 11) is 3.98. The van der Waals surface area contributed by atoms with Crippen molar-refractivity contribution in [3.05, 3.63) is 11.9 Å². The van der Waals surface area contributed by atoms with Gasteiger partial charge in [0.1, 0.15) is 0 Å². The van der Waals surface area contributed by atoms with Gasteiger partial charge in [0.2, 0.25) is 5.91 Å². The maximum atomic E-state index is 12.6. The summed E-state index contributed by atoms with van der Waals surface area (Å²) in [4.78, 5) is 16.6. The first-order valence-corrected chi connectivity index (χ1v) is 10.4. The van der Waals surface area contributed by atoms with E-state index >= 15 is 0 Å². The second-order valence-corrected chi connectivity index (χ2v) is 8.40. The number of hydrogen-bond acceptors (Lipinski definition) is 5. The Hall–Kier alpha value is -1.91. The van der Waals surface area contributed by atoms with Gasteiger partial charge < -0.3 is 9.64 Å². The second kappa shape index (κ2) is 9.53. The highest BCUT2D eigenvalue weighted by atomic mass is 16.5. The third-order valence-electron chi connectivity index (χ3n) is 5.68. The molecule has 0 spiro atoms. The summed E-state index contributed by atoms with van der Waals surface area (Å²) in [5, 5.41) is 8.37. The Morgan fingerprint density at radius 3 is 2.79 bits per heavy atom. The summed E-state index contributed by atoms with van der Waals surface area (Å²) in [6.07, 6.45) is 7.18. The maximum Gasteiger partial charge on any atom is 0.228 e. The Balaban J connectivity index is 1.48. The van der Waals surface area contributed by atoms with Crippen LogP contribution in [0.3, 0.4) is 0 Å². The minimum Gasteiger partial charge on any atom is -0.374 e. The number of ether oxygens (including phenoxy) is 1. The van der Waals surface area contributed by atoms with Gasteiger partial charge in [0.05, 0.1) is 36.9 Å². The molecule has 1 aromatic rings. The van der Waals surface area contributed by atoms with Crippen LogP contribution in [-0.2, 0) is 9.53 Å². The van der Waals surface area contributed by atoms with Crippen molar-refractivity contribution >= 4 is 5.91 Å². The minimum atomic E-state index is -0.0525. The van der Waals surface area contributed by atoms with Gasteiger partial charge >= 0.3 is 0 Å². The van der Waals surface area contributed by atoms with E-state index in [2.05, 4.69) is 29.1 Å². The predicted molar refractivity (Wildman–Crippen MR) is 108 cm³/mol. The number of carbonyl (C=O) groups is 1. The molecular formula is C21H33N5O2. The summed E-state index contributed by atoms with van der Waals surface area (Å²) in [6, 6.07) is 0.185. The van der Waals surface area contributed by atoms with Gasteiger partial charge in [-0.15, -0.1) is 5.10 Å². The lowest BCUT2D eigenvalue weighted by Crippen LogP contribution is -2.38. The van der Waals surface area contributed by atoms with Crippen molar-refractivity contribution in [1.82, 2.24) is 24.8 Å². The van der Waals surface area contributed by atoms with Crippen molar-refractivity contribution in [3.8, 4) is 11.8 Å². The minimum absolute atomic E-state index is 0.0357. The van der Waals surface area contributed by atoms with Gasteiger partial charge in [-0.1, -0.05) is 18.1 Å². The third kappa shape index (κ3) is 5.33. The Kier molecular flexibility index (Phi) is 7.08. The molecule has 2 saturated heterocycles. The van der Waals surface area contributed by atoms with E-state index in [1.54, 1.807) is 0 Å². The van der Waals surface area contributed by atoms with Gasteiger partial charge in [-0.3, -0.25) is 9.69 Å². The molecule has 0 saturated carbocycles. The van der Waals surface area contributed by atoms with E-state index in [0.29, 0.717) is 12.2 Å². The van der Waals surface area contributed by atoms with Crippen LogP contribution in [0, 0.1) is 17.8 Å². The number of nitrogens with zero attached hydrogens (tertiary/aromatic N) is 5. The molecule has 0 unspecified atom stereocenters. The fourth-order valence-electron chi connectivity index (χ4n) is 3.99. The molecule has 2 aliphatic rings. The lowest BCUT2D eigenvalue weighted by Gasteiger charge is -2.25. The summed E-state index contributed by atoms with van der Waals surface area (Å²) >= 11 is 0. The molecule has 7 heteroatoms. The third-order valence-corrected chi connectivity index (χ3v) is 5.68. The highest BCUT2D eigenvalue weighted by Gasteiger charge is 2.36. The number of carbonyl (C=O) groups excluding carboxylic acids is 1. The molecule has 1 amide bonds. The molecule has 7 nitrogen and oxygen atoms in total. The molecule has 3 rings (SSSR count). The van der Waals surface area contributed by atoms with Crippen LogP contribution in [0.1, 0.15) is 57.7 Å². The number of likely N-dealkylation sites (tertiary alicyclic amines) is 1. The monoisotopic (exact) mass is 387 g/mol. The molecule has 4 atom stereocenters. The average molecular weight is 388 g/mol. The number of hydrogen-bond donors (Lipinski definition) is 0. The standard InChI is InChI=1S/C21H33N5O2/c1-16(26-15-18(22-23-26)8-7-11-24(3)4)14-19-9-10-20(28-19)17(2)21(27)25-12-5-6-13-25/h15-17,19-20H,5-6,9-14H2,1-4H3/t16-,17-,19-,20-/m1/s1. The zero-order valence-corrected chi connectivity index (χ0v) is 17.6. The van der Waals surface area contributed by atoms with Crippen LogP contribution >= 0.6 is 0 Å². The van der Waals surface area contributed by atoms with E-state index in [1.807, 2.05) is 41.7 Å². The first-order chi connectivity index (χ1) is 13.4. The molecule has 0 bridgehead atoms. The van der Waals surface area contributed by atoms with Crippen LogP contribution in [0.2, 0.25) is 0 Å². The lowest BCUT2D eigenvalue weighted by molar-refractivity contribution is -0.138. The van der Waals surface area contributed by atoms with Gasteiger partial charge in [0.25, 0.3) is 0 Å². The molecule has 0 N–H and O–H groups in total. The van der Waals surface area contributed by atoms with E-state index in [4.69, 9.17) is 4.74 Å². The summed E-state index contributed by atoms with van der Waals surface area (Å²) in [6.45, 7) is 6.66. The van der Waals surface area contributed by atoms with Crippen molar-refractivity contribution in [2.24, 2.45) is 5.92 Å². The largest absolute Gasteiger partial charge is 0.374 e. The summed E-state index contributed by atoms with van der Waals surface area (Å²) in [5.41, 5.74) is 0.698. The zero-order valence-electron chi connectivity index (χ0n) is 17.6. The van der Waals surface area contributed by atoms with Gasteiger partial charge in [-0.2, -0.15) is 0 Å². The summed E-state index contributed by atoms with van der Waals surface area (Å²) < 4.78 is 8.12. The van der Waals surface area contributed by atoms with Crippen LogP contribution in [0.15, 0.2) is 6.20 Å². The smallest absolute Gasteiger partial charge is 0.228 e. The molecule has 2 fully saturated rings. The number of rotatable bonds is 6. The fraction of sp³-hybridized carbons (Fsp3) is 0.762. The van der Waals surface area contributed by atoms with E-state index in [1.165, 1.54) is 0 Å². The molecule has 2 aliphatic heterocycles. The van der Waals surface area contributed by atoms with Crippen molar-refractivity contribution < 1.29 is 9.53 Å². The Morgan fingerprint density at radius 2 is 2.07 bits per heavy atom. The van der Waals surface area contributed by atoms with Crippen LogP contribution in [-0.4, -0.2) is 76.6 Å². The Morgan fingerprint density at radius 1 is 1.32 bits per heavy atom. The molecule has 3 heterocycles. The number of aromatic nitrogens is 3. The molecule has 0 aliphatic carbocycles. The van der Waals surface area contributed by atoms with Gasteiger partial charge in [-0.25, -0.2) is 4.68 Å². The van der Waals surface area contributed by atoms with Gasteiger partial charge in [0.15, 0.2) is 5.69 Å². The first kappa shape index (κ1) is 20.8. The van der Waals surface area contributed by atoms with Crippen molar-refractivity contribution in [2.45, 2.75) is 64.2 Å². The quantitative estimate of drug-likeness (QED) is 0.698. The van der Waals surface area contributed by atoms with E-state index < -0.39 is 0 Å². The van der Waals surface area contributed by atoms with Gasteiger partial charge in [-0.05, 0) is 59.0 Å². The van der Waals surface area contributed by atoms with Crippen LogP contribution in [0.25, 0.3) is 0 Å².